The minimum Gasteiger partial charge on any atom is -0.378 e. The zero-order valence-corrected chi connectivity index (χ0v) is 14.3. The first-order valence-electron chi connectivity index (χ1n) is 8.46. The van der Waals surface area contributed by atoms with Gasteiger partial charge in [0.05, 0.1) is 13.2 Å². The van der Waals surface area contributed by atoms with E-state index in [9.17, 15) is 4.79 Å². The van der Waals surface area contributed by atoms with Crippen molar-refractivity contribution in [3.05, 3.63) is 24.0 Å². The number of hydrogen-bond acceptors (Lipinski definition) is 6. The van der Waals surface area contributed by atoms with Crippen molar-refractivity contribution < 1.29 is 9.53 Å². The van der Waals surface area contributed by atoms with Crippen molar-refractivity contribution in [1.82, 2.24) is 20.1 Å². The average molecular weight is 347 g/mol. The number of nitrogens with one attached hydrogen (secondary N) is 1. The normalized spacial score (nSPS) is 18.9. The van der Waals surface area contributed by atoms with Gasteiger partial charge in [0.15, 0.2) is 0 Å². The predicted molar refractivity (Wildman–Crippen MR) is 92.0 cm³/mol. The SMILES string of the molecule is O=C(NC1CCCC1)c1cccn1-c1nnc(N2CCOCC2)s1. The highest BCUT2D eigenvalue weighted by Crippen LogP contribution is 2.25. The molecule has 1 saturated carbocycles. The maximum atomic E-state index is 12.6. The van der Waals surface area contributed by atoms with E-state index in [0.717, 1.165) is 36.2 Å². The van der Waals surface area contributed by atoms with Crippen molar-refractivity contribution in [3.8, 4) is 5.13 Å². The lowest BCUT2D eigenvalue weighted by molar-refractivity contribution is 0.0931. The number of carbonyl (C=O) groups is 1. The highest BCUT2D eigenvalue weighted by Gasteiger charge is 2.22. The van der Waals surface area contributed by atoms with Gasteiger partial charge in [-0.25, -0.2) is 0 Å². The fraction of sp³-hybridized carbons (Fsp3) is 0.562. The number of aromatic nitrogens is 3. The molecule has 3 heterocycles. The lowest BCUT2D eigenvalue weighted by Gasteiger charge is -2.25. The third kappa shape index (κ3) is 3.16. The molecule has 4 rings (SSSR count). The zero-order valence-electron chi connectivity index (χ0n) is 13.5. The second-order valence-corrected chi connectivity index (χ2v) is 7.12. The maximum Gasteiger partial charge on any atom is 0.268 e. The molecule has 1 aliphatic heterocycles. The fourth-order valence-electron chi connectivity index (χ4n) is 3.25. The van der Waals surface area contributed by atoms with Crippen LogP contribution in [-0.4, -0.2) is 53.0 Å². The minimum atomic E-state index is -0.0324. The molecule has 7 nitrogen and oxygen atoms in total. The van der Waals surface area contributed by atoms with Gasteiger partial charge in [0.1, 0.15) is 5.69 Å². The first kappa shape index (κ1) is 15.6. The van der Waals surface area contributed by atoms with Crippen LogP contribution >= 0.6 is 11.3 Å². The van der Waals surface area contributed by atoms with Crippen LogP contribution in [0.15, 0.2) is 18.3 Å². The molecule has 0 unspecified atom stereocenters. The molecule has 0 bridgehead atoms. The molecule has 1 saturated heterocycles. The zero-order chi connectivity index (χ0) is 16.4. The highest BCUT2D eigenvalue weighted by atomic mass is 32.1. The number of anilines is 1. The van der Waals surface area contributed by atoms with Crippen LogP contribution < -0.4 is 10.2 Å². The van der Waals surface area contributed by atoms with E-state index in [1.165, 1.54) is 24.2 Å². The summed E-state index contributed by atoms with van der Waals surface area (Å²) in [5, 5.41) is 13.3. The van der Waals surface area contributed by atoms with Crippen molar-refractivity contribution in [2.24, 2.45) is 0 Å². The maximum absolute atomic E-state index is 12.6. The number of hydrogen-bond donors (Lipinski definition) is 1. The van der Waals surface area contributed by atoms with Crippen molar-refractivity contribution in [1.29, 1.82) is 0 Å². The van der Waals surface area contributed by atoms with Gasteiger partial charge in [-0.2, -0.15) is 0 Å². The Morgan fingerprint density at radius 3 is 2.75 bits per heavy atom. The minimum absolute atomic E-state index is 0.0324. The Labute approximate surface area is 144 Å². The van der Waals surface area contributed by atoms with Crippen LogP contribution in [-0.2, 0) is 4.74 Å². The third-order valence-electron chi connectivity index (χ3n) is 4.56. The molecule has 2 aromatic heterocycles. The number of carbonyl (C=O) groups excluding carboxylic acids is 1. The lowest BCUT2D eigenvalue weighted by atomic mass is 10.2. The number of ether oxygens (including phenoxy) is 1. The van der Waals surface area contributed by atoms with Gasteiger partial charge in [0, 0.05) is 25.3 Å². The second kappa shape index (κ2) is 6.90. The van der Waals surface area contributed by atoms with Crippen LogP contribution in [0.1, 0.15) is 36.2 Å². The standard InChI is InChI=1S/C16H21N5O2S/c22-14(17-12-4-1-2-5-12)13-6-3-7-21(13)16-19-18-15(24-16)20-8-10-23-11-9-20/h3,6-7,12H,1-2,4-5,8-11H2,(H,17,22). The summed E-state index contributed by atoms with van der Waals surface area (Å²) in [5.74, 6) is -0.0324. The first-order chi connectivity index (χ1) is 11.8. The molecule has 2 aliphatic rings. The molecule has 0 spiro atoms. The molecule has 1 aliphatic carbocycles. The van der Waals surface area contributed by atoms with Gasteiger partial charge in [0.2, 0.25) is 10.3 Å². The summed E-state index contributed by atoms with van der Waals surface area (Å²) in [6, 6.07) is 4.01. The molecule has 128 valence electrons. The lowest BCUT2D eigenvalue weighted by Crippen LogP contribution is -2.36. The molecular weight excluding hydrogens is 326 g/mol. The van der Waals surface area contributed by atoms with Crippen molar-refractivity contribution >= 4 is 22.4 Å². The molecule has 1 N–H and O–H groups in total. The summed E-state index contributed by atoms with van der Waals surface area (Å²) in [5.41, 5.74) is 0.617. The van der Waals surface area contributed by atoms with E-state index in [-0.39, 0.29) is 5.91 Å². The predicted octanol–water partition coefficient (Wildman–Crippen LogP) is 1.84. The number of nitrogens with zero attached hydrogens (tertiary/aromatic N) is 4. The van der Waals surface area contributed by atoms with Gasteiger partial charge >= 0.3 is 0 Å². The van der Waals surface area contributed by atoms with Crippen molar-refractivity contribution in [2.45, 2.75) is 31.7 Å². The van der Waals surface area contributed by atoms with Crippen molar-refractivity contribution in [3.63, 3.8) is 0 Å². The van der Waals surface area contributed by atoms with Crippen LogP contribution in [0, 0.1) is 0 Å². The van der Waals surface area contributed by atoms with E-state index in [1.54, 1.807) is 0 Å². The summed E-state index contributed by atoms with van der Waals surface area (Å²) in [4.78, 5) is 14.7. The summed E-state index contributed by atoms with van der Waals surface area (Å²) < 4.78 is 7.20. The Balaban J connectivity index is 1.51. The van der Waals surface area contributed by atoms with Gasteiger partial charge < -0.3 is 15.0 Å². The van der Waals surface area contributed by atoms with E-state index in [1.807, 2.05) is 22.9 Å². The van der Waals surface area contributed by atoms with Gasteiger partial charge in [-0.15, -0.1) is 10.2 Å². The monoisotopic (exact) mass is 347 g/mol. The fourth-order valence-corrected chi connectivity index (χ4v) is 4.15. The van der Waals surface area contributed by atoms with Crippen LogP contribution in [0.5, 0.6) is 0 Å². The van der Waals surface area contributed by atoms with Crippen LogP contribution in [0.4, 0.5) is 5.13 Å². The summed E-state index contributed by atoms with van der Waals surface area (Å²) in [6.07, 6.45) is 6.42. The van der Waals surface area contributed by atoms with Crippen molar-refractivity contribution in [2.75, 3.05) is 31.2 Å². The van der Waals surface area contributed by atoms with E-state index in [0.29, 0.717) is 24.9 Å². The van der Waals surface area contributed by atoms with Crippen LogP contribution in [0.3, 0.4) is 0 Å². The second-order valence-electron chi connectivity index (χ2n) is 6.18. The third-order valence-corrected chi connectivity index (χ3v) is 5.55. The smallest absolute Gasteiger partial charge is 0.268 e. The largest absolute Gasteiger partial charge is 0.378 e. The van der Waals surface area contributed by atoms with Crippen LogP contribution in [0.25, 0.3) is 5.13 Å². The molecular formula is C16H21N5O2S. The molecule has 0 radical (unpaired) electrons. The van der Waals surface area contributed by atoms with Gasteiger partial charge in [-0.3, -0.25) is 9.36 Å². The molecule has 0 aromatic carbocycles. The first-order valence-corrected chi connectivity index (χ1v) is 9.28. The Morgan fingerprint density at radius 1 is 1.21 bits per heavy atom. The van der Waals surface area contributed by atoms with E-state index in [2.05, 4.69) is 20.4 Å². The van der Waals surface area contributed by atoms with E-state index >= 15 is 0 Å². The quantitative estimate of drug-likeness (QED) is 0.914. The van der Waals surface area contributed by atoms with E-state index < -0.39 is 0 Å². The van der Waals surface area contributed by atoms with E-state index in [4.69, 9.17) is 4.74 Å². The molecule has 2 aromatic rings. The average Bonchev–Trinajstić information content (AvgIpc) is 3.36. The number of morpholine rings is 1. The van der Waals surface area contributed by atoms with Gasteiger partial charge in [-0.05, 0) is 25.0 Å². The Bertz CT molecular complexity index is 701. The topological polar surface area (TPSA) is 72.3 Å². The Hall–Kier alpha value is -1.93. The molecule has 1 amide bonds. The number of amides is 1. The van der Waals surface area contributed by atoms with Crippen LogP contribution in [0.2, 0.25) is 0 Å². The summed E-state index contributed by atoms with van der Waals surface area (Å²) in [7, 11) is 0. The highest BCUT2D eigenvalue weighted by molar-refractivity contribution is 7.17. The Morgan fingerprint density at radius 2 is 1.96 bits per heavy atom. The molecule has 8 heteroatoms. The molecule has 2 fully saturated rings. The Kier molecular flexibility index (Phi) is 4.48. The van der Waals surface area contributed by atoms with Gasteiger partial charge in [-0.1, -0.05) is 24.2 Å². The molecule has 24 heavy (non-hydrogen) atoms. The van der Waals surface area contributed by atoms with Gasteiger partial charge in [0.25, 0.3) is 5.91 Å². The number of rotatable bonds is 4. The summed E-state index contributed by atoms with van der Waals surface area (Å²) >= 11 is 1.50. The molecule has 0 atom stereocenters. The summed E-state index contributed by atoms with van der Waals surface area (Å²) in [6.45, 7) is 3.09.